The molecule has 7 heteroatoms. The molecule has 0 saturated heterocycles. The normalized spacial score (nSPS) is 22.3. The third kappa shape index (κ3) is 1.84. The second-order valence-corrected chi connectivity index (χ2v) is 5.51. The van der Waals surface area contributed by atoms with E-state index in [-0.39, 0.29) is 10.7 Å². The van der Waals surface area contributed by atoms with Crippen LogP contribution in [-0.4, -0.2) is 20.3 Å². The Bertz CT molecular complexity index is 591. The highest BCUT2D eigenvalue weighted by atomic mass is 32.1. The van der Waals surface area contributed by atoms with Crippen molar-refractivity contribution in [3.8, 4) is 0 Å². The van der Waals surface area contributed by atoms with Crippen LogP contribution in [0.2, 0.25) is 0 Å². The molecular weight excluding hydrogens is 252 g/mol. The molecule has 2 heterocycles. The van der Waals surface area contributed by atoms with Crippen LogP contribution in [0.15, 0.2) is 11.6 Å². The zero-order chi connectivity index (χ0) is 12.7. The van der Waals surface area contributed by atoms with Crippen LogP contribution in [0.25, 0.3) is 4.96 Å². The third-order valence-electron chi connectivity index (χ3n) is 3.31. The van der Waals surface area contributed by atoms with Gasteiger partial charge in [-0.05, 0) is 23.7 Å². The van der Waals surface area contributed by atoms with Crippen LogP contribution in [0.4, 0.5) is 11.6 Å². The predicted molar refractivity (Wildman–Crippen MR) is 70.1 cm³/mol. The number of hydrogen-bond acceptors (Lipinski definition) is 5. The van der Waals surface area contributed by atoms with Gasteiger partial charge in [-0.25, -0.2) is 0 Å². The van der Waals surface area contributed by atoms with E-state index in [0.717, 1.165) is 12.8 Å². The number of anilines is 1. The topological polar surface area (TPSA) is 72.5 Å². The van der Waals surface area contributed by atoms with Crippen molar-refractivity contribution in [3.05, 3.63) is 21.7 Å². The molecule has 96 valence electrons. The zero-order valence-electron chi connectivity index (χ0n) is 10.00. The fourth-order valence-corrected chi connectivity index (χ4v) is 3.04. The van der Waals surface area contributed by atoms with E-state index in [1.54, 1.807) is 11.6 Å². The summed E-state index contributed by atoms with van der Waals surface area (Å²) < 4.78 is 1.53. The summed E-state index contributed by atoms with van der Waals surface area (Å²) in [6, 6.07) is 0.355. The number of hydrogen-bond donors (Lipinski definition) is 1. The van der Waals surface area contributed by atoms with Gasteiger partial charge in [0.05, 0.1) is 0 Å². The maximum atomic E-state index is 11.1. The number of nitrogens with zero attached hydrogens (tertiary/aromatic N) is 3. The second kappa shape index (κ2) is 4.24. The molecule has 0 aliphatic heterocycles. The molecule has 0 spiro atoms. The number of rotatable bonds is 5. The van der Waals surface area contributed by atoms with E-state index in [0.29, 0.717) is 22.7 Å². The minimum absolute atomic E-state index is 0.0494. The van der Waals surface area contributed by atoms with Crippen LogP contribution >= 0.6 is 11.3 Å². The van der Waals surface area contributed by atoms with Crippen molar-refractivity contribution in [2.24, 2.45) is 5.92 Å². The van der Waals surface area contributed by atoms with Gasteiger partial charge in [-0.1, -0.05) is 24.7 Å². The Morgan fingerprint density at radius 2 is 2.56 bits per heavy atom. The number of nitro groups is 1. The highest BCUT2D eigenvalue weighted by Crippen LogP contribution is 2.39. The SMILES string of the molecule is CCCC1CC1Nc1nc2sccn2c1[N+](=O)[O-]. The minimum Gasteiger partial charge on any atom is -0.360 e. The first-order valence-electron chi connectivity index (χ1n) is 6.07. The summed E-state index contributed by atoms with van der Waals surface area (Å²) in [6.07, 6.45) is 5.11. The van der Waals surface area contributed by atoms with Gasteiger partial charge in [0.25, 0.3) is 4.96 Å². The monoisotopic (exact) mass is 266 g/mol. The van der Waals surface area contributed by atoms with Crippen LogP contribution < -0.4 is 5.32 Å². The largest absolute Gasteiger partial charge is 0.372 e. The Labute approximate surface area is 108 Å². The molecular formula is C11H14N4O2S. The van der Waals surface area contributed by atoms with E-state index in [2.05, 4.69) is 17.2 Å². The van der Waals surface area contributed by atoms with Gasteiger partial charge in [0.1, 0.15) is 6.20 Å². The van der Waals surface area contributed by atoms with Crippen molar-refractivity contribution < 1.29 is 4.92 Å². The molecule has 0 radical (unpaired) electrons. The maximum absolute atomic E-state index is 11.1. The Morgan fingerprint density at radius 3 is 3.28 bits per heavy atom. The average Bonchev–Trinajstić information content (AvgIpc) is 2.72. The molecule has 2 atom stereocenters. The van der Waals surface area contributed by atoms with Crippen LogP contribution in [0.3, 0.4) is 0 Å². The molecule has 18 heavy (non-hydrogen) atoms. The minimum atomic E-state index is -0.369. The number of aromatic nitrogens is 2. The fraction of sp³-hybridized carbons (Fsp3) is 0.545. The molecule has 1 aliphatic rings. The van der Waals surface area contributed by atoms with Crippen LogP contribution in [0.1, 0.15) is 26.2 Å². The first-order valence-corrected chi connectivity index (χ1v) is 6.95. The third-order valence-corrected chi connectivity index (χ3v) is 4.07. The quantitative estimate of drug-likeness (QED) is 0.667. The number of nitrogens with one attached hydrogen (secondary N) is 1. The molecule has 2 unspecified atom stereocenters. The van der Waals surface area contributed by atoms with Gasteiger partial charge in [0.15, 0.2) is 0 Å². The Morgan fingerprint density at radius 1 is 1.72 bits per heavy atom. The second-order valence-electron chi connectivity index (χ2n) is 4.63. The van der Waals surface area contributed by atoms with Crippen LogP contribution in [0.5, 0.6) is 0 Å². The molecule has 2 aromatic heterocycles. The lowest BCUT2D eigenvalue weighted by Crippen LogP contribution is -2.07. The molecule has 0 amide bonds. The molecule has 3 rings (SSSR count). The molecule has 6 nitrogen and oxygen atoms in total. The number of fused-ring (bicyclic) bond motifs is 1. The maximum Gasteiger partial charge on any atom is 0.372 e. The lowest BCUT2D eigenvalue weighted by atomic mass is 10.2. The fourth-order valence-electron chi connectivity index (χ4n) is 2.33. The van der Waals surface area contributed by atoms with E-state index in [1.165, 1.54) is 22.2 Å². The molecule has 1 fully saturated rings. The number of imidazole rings is 1. The molecule has 1 saturated carbocycles. The smallest absolute Gasteiger partial charge is 0.360 e. The van der Waals surface area contributed by atoms with Gasteiger partial charge < -0.3 is 15.4 Å². The van der Waals surface area contributed by atoms with Gasteiger partial charge >= 0.3 is 5.82 Å². The summed E-state index contributed by atoms with van der Waals surface area (Å²) in [4.78, 5) is 15.7. The summed E-state index contributed by atoms with van der Waals surface area (Å²) in [5.74, 6) is 1.11. The van der Waals surface area contributed by atoms with E-state index in [1.807, 2.05) is 0 Å². The lowest BCUT2D eigenvalue weighted by molar-refractivity contribution is -0.389. The Hall–Kier alpha value is -1.63. The van der Waals surface area contributed by atoms with Gasteiger partial charge in [-0.2, -0.15) is 9.38 Å². The van der Waals surface area contributed by atoms with Gasteiger partial charge in [0.2, 0.25) is 5.82 Å². The highest BCUT2D eigenvalue weighted by molar-refractivity contribution is 7.15. The molecule has 0 aromatic carbocycles. The average molecular weight is 266 g/mol. The Balaban J connectivity index is 1.85. The summed E-state index contributed by atoms with van der Waals surface area (Å²) >= 11 is 1.41. The van der Waals surface area contributed by atoms with Crippen LogP contribution in [-0.2, 0) is 0 Å². The molecule has 1 N–H and O–H groups in total. The van der Waals surface area contributed by atoms with E-state index in [4.69, 9.17) is 0 Å². The van der Waals surface area contributed by atoms with Crippen molar-refractivity contribution in [2.75, 3.05) is 5.32 Å². The van der Waals surface area contributed by atoms with Gasteiger partial charge in [-0.3, -0.25) is 0 Å². The molecule has 1 aliphatic carbocycles. The zero-order valence-corrected chi connectivity index (χ0v) is 10.8. The first kappa shape index (κ1) is 11.5. The molecule has 2 aromatic rings. The van der Waals surface area contributed by atoms with E-state index >= 15 is 0 Å². The van der Waals surface area contributed by atoms with E-state index in [9.17, 15) is 10.1 Å². The lowest BCUT2D eigenvalue weighted by Gasteiger charge is -2.01. The highest BCUT2D eigenvalue weighted by Gasteiger charge is 2.38. The summed E-state index contributed by atoms with van der Waals surface area (Å²) in [5.41, 5.74) is 0. The molecule has 0 bridgehead atoms. The summed E-state index contributed by atoms with van der Waals surface area (Å²) in [6.45, 7) is 2.16. The van der Waals surface area contributed by atoms with Crippen molar-refractivity contribution >= 4 is 27.9 Å². The summed E-state index contributed by atoms with van der Waals surface area (Å²) in [5, 5.41) is 16.1. The Kier molecular flexibility index (Phi) is 2.70. The van der Waals surface area contributed by atoms with Crippen LogP contribution in [0, 0.1) is 16.0 Å². The van der Waals surface area contributed by atoms with Crippen molar-refractivity contribution in [1.82, 2.24) is 9.38 Å². The van der Waals surface area contributed by atoms with Crippen molar-refractivity contribution in [2.45, 2.75) is 32.2 Å². The standard InChI is InChI=1S/C11H14N4O2S/c1-2-3-7-6-8(7)12-9-10(15(16)17)14-4-5-18-11(14)13-9/h4-5,7-8,12H,2-3,6H2,1H3. The number of thiazole rings is 1. The first-order chi connectivity index (χ1) is 8.70. The van der Waals surface area contributed by atoms with E-state index < -0.39 is 0 Å². The predicted octanol–water partition coefficient (Wildman–Crippen LogP) is 2.90. The van der Waals surface area contributed by atoms with Crippen molar-refractivity contribution in [1.29, 1.82) is 0 Å². The van der Waals surface area contributed by atoms with Crippen molar-refractivity contribution in [3.63, 3.8) is 0 Å². The van der Waals surface area contributed by atoms with Gasteiger partial charge in [-0.15, -0.1) is 0 Å². The van der Waals surface area contributed by atoms with Gasteiger partial charge in [0, 0.05) is 11.4 Å². The summed E-state index contributed by atoms with van der Waals surface area (Å²) in [7, 11) is 0.